The predicted molar refractivity (Wildman–Crippen MR) is 139 cm³/mol. The van der Waals surface area contributed by atoms with E-state index in [9.17, 15) is 14.4 Å². The lowest BCUT2D eigenvalue weighted by atomic mass is 9.49. The summed E-state index contributed by atoms with van der Waals surface area (Å²) in [5, 5.41) is 2.75. The van der Waals surface area contributed by atoms with Gasteiger partial charge in [-0.15, -0.1) is 11.3 Å². The molecule has 1 aromatic carbocycles. The van der Waals surface area contributed by atoms with Crippen LogP contribution in [0.2, 0.25) is 0 Å². The van der Waals surface area contributed by atoms with Crippen molar-refractivity contribution in [1.82, 2.24) is 0 Å². The van der Waals surface area contributed by atoms with Crippen molar-refractivity contribution in [3.63, 3.8) is 0 Å². The number of halogens is 1. The zero-order valence-corrected chi connectivity index (χ0v) is 22.2. The first-order valence-electron chi connectivity index (χ1n) is 12.3. The van der Waals surface area contributed by atoms with Crippen LogP contribution in [0.4, 0.5) is 5.69 Å². The number of nitrogens with one attached hydrogen (secondary N) is 1. The van der Waals surface area contributed by atoms with E-state index in [4.69, 9.17) is 9.47 Å². The maximum Gasteiger partial charge on any atom is 0.350 e. The van der Waals surface area contributed by atoms with Crippen LogP contribution in [0.1, 0.15) is 61.5 Å². The SMILES string of the molecule is CCOC(=O)c1sc(-c2ccccc2)cc1NC(=O)COC(=O)CC12CC3CC(CC(Br)(C3)C1)C2. The van der Waals surface area contributed by atoms with Gasteiger partial charge < -0.3 is 14.8 Å². The molecule has 4 aliphatic rings. The van der Waals surface area contributed by atoms with E-state index in [-0.39, 0.29) is 28.9 Å². The lowest BCUT2D eigenvalue weighted by Crippen LogP contribution is -2.53. The standard InChI is InChI=1S/C27H30BrNO5S/c1-2-33-25(32)24-20(9-21(35-24)19-6-4-3-5-7-19)29-22(30)15-34-23(31)14-26-10-17-8-18(11-26)13-27(28,12-17)16-26/h3-7,9,17-18H,2,8,10-16H2,1H3,(H,29,30). The van der Waals surface area contributed by atoms with Gasteiger partial charge in [0.05, 0.1) is 18.7 Å². The van der Waals surface area contributed by atoms with E-state index >= 15 is 0 Å². The minimum Gasteiger partial charge on any atom is -0.462 e. The number of ether oxygens (including phenoxy) is 2. The quantitative estimate of drug-likeness (QED) is 0.307. The first-order chi connectivity index (χ1) is 16.8. The minimum absolute atomic E-state index is 0.00380. The van der Waals surface area contributed by atoms with Gasteiger partial charge in [-0.1, -0.05) is 46.3 Å². The van der Waals surface area contributed by atoms with Crippen molar-refractivity contribution < 1.29 is 23.9 Å². The number of rotatable bonds is 8. The largest absolute Gasteiger partial charge is 0.462 e. The van der Waals surface area contributed by atoms with Crippen molar-refractivity contribution in [2.45, 2.75) is 56.2 Å². The fourth-order valence-electron chi connectivity index (χ4n) is 6.81. The highest BCUT2D eigenvalue weighted by Crippen LogP contribution is 2.65. The van der Waals surface area contributed by atoms with Crippen LogP contribution < -0.4 is 5.32 Å². The van der Waals surface area contributed by atoms with Gasteiger partial charge in [-0.25, -0.2) is 4.79 Å². The Morgan fingerprint density at radius 2 is 1.80 bits per heavy atom. The Bertz CT molecular complexity index is 1120. The van der Waals surface area contributed by atoms with E-state index in [1.54, 1.807) is 13.0 Å². The summed E-state index contributed by atoms with van der Waals surface area (Å²) in [5.41, 5.74) is 1.31. The molecule has 8 heteroatoms. The van der Waals surface area contributed by atoms with Gasteiger partial charge in [0.15, 0.2) is 6.61 Å². The predicted octanol–water partition coefficient (Wildman–Crippen LogP) is 6.20. The number of esters is 2. The maximum atomic E-state index is 12.7. The number of carbonyl (C=O) groups is 3. The van der Waals surface area contributed by atoms with Crippen molar-refractivity contribution in [2.75, 3.05) is 18.5 Å². The Kier molecular flexibility index (Phi) is 6.79. The molecule has 6 nitrogen and oxygen atoms in total. The Balaban J connectivity index is 1.21. The maximum absolute atomic E-state index is 12.7. The van der Waals surface area contributed by atoms with Crippen molar-refractivity contribution in [3.05, 3.63) is 41.3 Å². The van der Waals surface area contributed by atoms with Crippen LogP contribution in [0, 0.1) is 17.3 Å². The average molecular weight is 561 g/mol. The number of alkyl halides is 1. The summed E-state index contributed by atoms with van der Waals surface area (Å²) in [4.78, 5) is 39.1. The monoisotopic (exact) mass is 559 g/mol. The van der Waals surface area contributed by atoms with Gasteiger partial charge >= 0.3 is 11.9 Å². The molecule has 4 aliphatic carbocycles. The molecular weight excluding hydrogens is 530 g/mol. The first kappa shape index (κ1) is 24.5. The van der Waals surface area contributed by atoms with Crippen LogP contribution in [0.25, 0.3) is 10.4 Å². The van der Waals surface area contributed by atoms with Crippen molar-refractivity contribution in [1.29, 1.82) is 0 Å². The Labute approximate surface area is 217 Å². The zero-order chi connectivity index (χ0) is 24.6. The van der Waals surface area contributed by atoms with E-state index in [0.717, 1.165) is 29.7 Å². The summed E-state index contributed by atoms with van der Waals surface area (Å²) in [7, 11) is 0. The Morgan fingerprint density at radius 1 is 1.09 bits per heavy atom. The molecule has 35 heavy (non-hydrogen) atoms. The van der Waals surface area contributed by atoms with E-state index in [1.807, 2.05) is 30.3 Å². The highest BCUT2D eigenvalue weighted by Gasteiger charge is 2.57. The highest BCUT2D eigenvalue weighted by molar-refractivity contribution is 9.10. The first-order valence-corrected chi connectivity index (χ1v) is 13.9. The molecule has 0 saturated heterocycles. The van der Waals surface area contributed by atoms with Gasteiger partial charge in [-0.2, -0.15) is 0 Å². The molecule has 1 amide bonds. The Morgan fingerprint density at radius 3 is 2.46 bits per heavy atom. The van der Waals surface area contributed by atoms with Crippen molar-refractivity contribution in [3.8, 4) is 10.4 Å². The van der Waals surface area contributed by atoms with Crippen LogP contribution in [-0.2, 0) is 19.1 Å². The van der Waals surface area contributed by atoms with Crippen LogP contribution in [-0.4, -0.2) is 35.4 Å². The molecule has 0 aliphatic heterocycles. The van der Waals surface area contributed by atoms with Gasteiger partial charge in [0, 0.05) is 9.20 Å². The third kappa shape index (κ3) is 5.33. The molecule has 1 heterocycles. The van der Waals surface area contributed by atoms with Crippen molar-refractivity contribution >= 4 is 50.8 Å². The molecule has 6 rings (SSSR count). The third-order valence-corrected chi connectivity index (χ3v) is 9.61. The molecule has 4 saturated carbocycles. The van der Waals surface area contributed by atoms with Crippen LogP contribution in [0.3, 0.4) is 0 Å². The summed E-state index contributed by atoms with van der Waals surface area (Å²) in [6.45, 7) is 1.60. The molecule has 4 fully saturated rings. The number of amides is 1. The summed E-state index contributed by atoms with van der Waals surface area (Å²) < 4.78 is 10.8. The normalized spacial score (nSPS) is 28.5. The lowest BCUT2D eigenvalue weighted by Gasteiger charge is -2.60. The van der Waals surface area contributed by atoms with E-state index < -0.39 is 11.9 Å². The number of carbonyl (C=O) groups excluding carboxylic acids is 3. The van der Waals surface area contributed by atoms with Gasteiger partial charge in [-0.3, -0.25) is 9.59 Å². The zero-order valence-electron chi connectivity index (χ0n) is 19.8. The molecule has 4 bridgehead atoms. The molecule has 0 spiro atoms. The van der Waals surface area contributed by atoms with Gasteiger partial charge in [0.2, 0.25) is 0 Å². The van der Waals surface area contributed by atoms with Gasteiger partial charge in [-0.05, 0) is 74.3 Å². The number of thiophene rings is 1. The molecular formula is C27H30BrNO5S. The fraction of sp³-hybridized carbons (Fsp3) is 0.519. The van der Waals surface area contributed by atoms with E-state index in [2.05, 4.69) is 21.2 Å². The summed E-state index contributed by atoms with van der Waals surface area (Å²) in [6.07, 6.45) is 7.23. The third-order valence-electron chi connectivity index (χ3n) is 7.52. The number of hydrogen-bond donors (Lipinski definition) is 1. The average Bonchev–Trinajstić information content (AvgIpc) is 3.20. The lowest BCUT2D eigenvalue weighted by molar-refractivity contribution is -0.153. The minimum atomic E-state index is -0.488. The molecule has 1 aromatic heterocycles. The molecule has 2 aromatic rings. The van der Waals surface area contributed by atoms with Gasteiger partial charge in [0.25, 0.3) is 5.91 Å². The highest BCUT2D eigenvalue weighted by atomic mass is 79.9. The Hall–Kier alpha value is -2.19. The fourth-order valence-corrected chi connectivity index (χ4v) is 9.33. The molecule has 0 radical (unpaired) electrons. The van der Waals surface area contributed by atoms with Crippen LogP contribution in [0.5, 0.6) is 0 Å². The second-order valence-corrected chi connectivity index (χ2v) is 13.2. The van der Waals surface area contributed by atoms with E-state index in [1.165, 1.54) is 30.6 Å². The second kappa shape index (κ2) is 9.69. The molecule has 186 valence electrons. The summed E-state index contributed by atoms with van der Waals surface area (Å²) >= 11 is 5.24. The number of benzene rings is 1. The topological polar surface area (TPSA) is 81.7 Å². The number of anilines is 1. The molecule has 2 atom stereocenters. The summed E-state index contributed by atoms with van der Waals surface area (Å²) in [5.74, 6) is 0.0937. The number of hydrogen-bond acceptors (Lipinski definition) is 6. The van der Waals surface area contributed by atoms with E-state index in [0.29, 0.717) is 28.8 Å². The van der Waals surface area contributed by atoms with Crippen LogP contribution in [0.15, 0.2) is 36.4 Å². The molecule has 1 N–H and O–H groups in total. The summed E-state index contributed by atoms with van der Waals surface area (Å²) in [6, 6.07) is 11.4. The van der Waals surface area contributed by atoms with Crippen LogP contribution >= 0.6 is 27.3 Å². The second-order valence-electron chi connectivity index (χ2n) is 10.4. The smallest absolute Gasteiger partial charge is 0.350 e. The molecule has 2 unspecified atom stereocenters. The van der Waals surface area contributed by atoms with Gasteiger partial charge in [0.1, 0.15) is 4.88 Å². The van der Waals surface area contributed by atoms with Crippen molar-refractivity contribution in [2.24, 2.45) is 17.3 Å².